The van der Waals surface area contributed by atoms with Crippen molar-refractivity contribution in [1.82, 2.24) is 4.98 Å². The minimum absolute atomic E-state index is 0.236. The van der Waals surface area contributed by atoms with Gasteiger partial charge in [0.2, 0.25) is 0 Å². The fourth-order valence-electron chi connectivity index (χ4n) is 2.67. The van der Waals surface area contributed by atoms with Crippen LogP contribution in [0.5, 0.6) is 0 Å². The first kappa shape index (κ1) is 18.0. The fourth-order valence-corrected chi connectivity index (χ4v) is 2.86. The lowest BCUT2D eigenvalue weighted by Crippen LogP contribution is -2.12. The maximum Gasteiger partial charge on any atom is 0.257 e. The van der Waals surface area contributed by atoms with Gasteiger partial charge < -0.3 is 10.6 Å². The van der Waals surface area contributed by atoms with E-state index >= 15 is 0 Å². The Morgan fingerprint density at radius 1 is 1.00 bits per heavy atom. The Balaban J connectivity index is 1.79. The summed E-state index contributed by atoms with van der Waals surface area (Å²) in [5.74, 6) is 0.154. The van der Waals surface area contributed by atoms with Crippen molar-refractivity contribution in [3.63, 3.8) is 0 Å². The van der Waals surface area contributed by atoms with Gasteiger partial charge in [0, 0.05) is 22.6 Å². The number of aromatic nitrogens is 1. The number of nitrogens with one attached hydrogen (secondary N) is 2. The lowest BCUT2D eigenvalue weighted by atomic mass is 10.0. The zero-order valence-electron chi connectivity index (χ0n) is 14.7. The molecule has 2 N–H and O–H groups in total. The second kappa shape index (κ2) is 8.02. The third-order valence-electron chi connectivity index (χ3n) is 3.94. The van der Waals surface area contributed by atoms with Crippen LogP contribution in [0.2, 0.25) is 5.02 Å². The fraction of sp³-hybridized carbons (Fsp3) is 0.143. The molecule has 4 nitrogen and oxygen atoms in total. The summed E-state index contributed by atoms with van der Waals surface area (Å²) in [6, 6.07) is 16.9. The molecule has 1 heterocycles. The molecule has 1 aromatic heterocycles. The number of anilines is 3. The maximum atomic E-state index is 12.5. The Hall–Kier alpha value is -2.85. The number of carbonyl (C=O) groups excluding carboxylic acids is 1. The highest BCUT2D eigenvalue weighted by molar-refractivity contribution is 6.31. The largest absolute Gasteiger partial charge is 0.354 e. The molecule has 26 heavy (non-hydrogen) atoms. The molecule has 0 aliphatic carbocycles. The van der Waals surface area contributed by atoms with Crippen molar-refractivity contribution in [2.24, 2.45) is 0 Å². The summed E-state index contributed by atoms with van der Waals surface area (Å²) in [5.41, 5.74) is 4.10. The van der Waals surface area contributed by atoms with Gasteiger partial charge in [0.25, 0.3) is 5.91 Å². The van der Waals surface area contributed by atoms with Crippen LogP contribution < -0.4 is 10.6 Å². The van der Waals surface area contributed by atoms with Crippen molar-refractivity contribution in [2.75, 3.05) is 10.6 Å². The van der Waals surface area contributed by atoms with Crippen LogP contribution in [0.1, 0.15) is 35.7 Å². The predicted octanol–water partition coefficient (Wildman–Crippen LogP) is 5.85. The number of rotatable bonds is 5. The summed E-state index contributed by atoms with van der Waals surface area (Å²) < 4.78 is 0. The Morgan fingerprint density at radius 3 is 2.58 bits per heavy atom. The molecule has 0 spiro atoms. The molecule has 3 rings (SSSR count). The van der Waals surface area contributed by atoms with E-state index in [2.05, 4.69) is 35.5 Å². The van der Waals surface area contributed by atoms with E-state index in [-0.39, 0.29) is 5.91 Å². The number of carbonyl (C=O) groups is 1. The van der Waals surface area contributed by atoms with Crippen LogP contribution in [0.3, 0.4) is 0 Å². The van der Waals surface area contributed by atoms with Gasteiger partial charge in [-0.15, -0.1) is 0 Å². The first-order valence-electron chi connectivity index (χ1n) is 8.41. The number of hydrogen-bond acceptors (Lipinski definition) is 3. The second-order valence-electron chi connectivity index (χ2n) is 6.29. The van der Waals surface area contributed by atoms with Crippen LogP contribution in [0.4, 0.5) is 17.1 Å². The molecule has 3 aromatic rings. The normalized spacial score (nSPS) is 10.6. The van der Waals surface area contributed by atoms with E-state index in [1.165, 1.54) is 5.56 Å². The standard InChI is InChI=1S/C21H20ClN3O/c1-14(2)19-8-3-4-9-20(19)24-18-10-15(12-23-13-18)21(26)25-17-7-5-6-16(22)11-17/h3-14,24H,1-2H3,(H,25,26). The first-order chi connectivity index (χ1) is 12.5. The molecular formula is C21H20ClN3O. The Labute approximate surface area is 158 Å². The van der Waals surface area contributed by atoms with E-state index in [0.29, 0.717) is 22.2 Å². The molecule has 0 saturated heterocycles. The maximum absolute atomic E-state index is 12.5. The Bertz CT molecular complexity index is 924. The average molecular weight is 366 g/mol. The van der Waals surface area contributed by atoms with Gasteiger partial charge in [0.15, 0.2) is 0 Å². The summed E-state index contributed by atoms with van der Waals surface area (Å²) in [6.07, 6.45) is 3.24. The van der Waals surface area contributed by atoms with Crippen molar-refractivity contribution >= 4 is 34.6 Å². The smallest absolute Gasteiger partial charge is 0.257 e. The Morgan fingerprint density at radius 2 is 1.81 bits per heavy atom. The number of hydrogen-bond donors (Lipinski definition) is 2. The summed E-state index contributed by atoms with van der Waals surface area (Å²) in [6.45, 7) is 4.29. The molecule has 132 valence electrons. The van der Waals surface area contributed by atoms with E-state index in [0.717, 1.165) is 11.4 Å². The molecule has 0 radical (unpaired) electrons. The molecule has 5 heteroatoms. The van der Waals surface area contributed by atoms with Crippen molar-refractivity contribution in [1.29, 1.82) is 0 Å². The average Bonchev–Trinajstić information content (AvgIpc) is 2.62. The summed E-state index contributed by atoms with van der Waals surface area (Å²) in [5, 5.41) is 6.76. The number of para-hydroxylation sites is 1. The van der Waals surface area contributed by atoms with Gasteiger partial charge in [-0.3, -0.25) is 9.78 Å². The molecular weight excluding hydrogens is 346 g/mol. The van der Waals surface area contributed by atoms with Crippen LogP contribution in [0.25, 0.3) is 0 Å². The topological polar surface area (TPSA) is 54.0 Å². The van der Waals surface area contributed by atoms with Crippen LogP contribution in [-0.4, -0.2) is 10.9 Å². The molecule has 0 aliphatic rings. The lowest BCUT2D eigenvalue weighted by Gasteiger charge is -2.15. The van der Waals surface area contributed by atoms with Crippen molar-refractivity contribution in [2.45, 2.75) is 19.8 Å². The van der Waals surface area contributed by atoms with Gasteiger partial charge in [0.05, 0.1) is 17.4 Å². The van der Waals surface area contributed by atoms with Crippen LogP contribution in [0.15, 0.2) is 67.0 Å². The third kappa shape index (κ3) is 4.41. The summed E-state index contributed by atoms with van der Waals surface area (Å²) >= 11 is 5.96. The first-order valence-corrected chi connectivity index (χ1v) is 8.78. The zero-order valence-corrected chi connectivity index (χ0v) is 15.4. The number of amides is 1. The number of halogens is 1. The van der Waals surface area contributed by atoms with E-state index in [1.54, 1.807) is 42.7 Å². The van der Waals surface area contributed by atoms with E-state index in [4.69, 9.17) is 11.6 Å². The van der Waals surface area contributed by atoms with Crippen molar-refractivity contribution in [3.05, 3.63) is 83.1 Å². The van der Waals surface area contributed by atoms with Crippen molar-refractivity contribution in [3.8, 4) is 0 Å². The number of pyridine rings is 1. The minimum Gasteiger partial charge on any atom is -0.354 e. The molecule has 2 aromatic carbocycles. The predicted molar refractivity (Wildman–Crippen MR) is 107 cm³/mol. The van der Waals surface area contributed by atoms with Crippen LogP contribution >= 0.6 is 11.6 Å². The zero-order chi connectivity index (χ0) is 18.5. The van der Waals surface area contributed by atoms with E-state index in [9.17, 15) is 4.79 Å². The number of nitrogens with zero attached hydrogens (tertiary/aromatic N) is 1. The van der Waals surface area contributed by atoms with Gasteiger partial charge in [0.1, 0.15) is 0 Å². The second-order valence-corrected chi connectivity index (χ2v) is 6.73. The van der Waals surface area contributed by atoms with E-state index in [1.807, 2.05) is 18.2 Å². The quantitative estimate of drug-likeness (QED) is 0.595. The van der Waals surface area contributed by atoms with Crippen LogP contribution in [0, 0.1) is 0 Å². The highest BCUT2D eigenvalue weighted by Gasteiger charge is 2.10. The summed E-state index contributed by atoms with van der Waals surface area (Å²) in [4.78, 5) is 16.7. The minimum atomic E-state index is -0.236. The molecule has 0 aliphatic heterocycles. The monoisotopic (exact) mass is 365 g/mol. The Kier molecular flexibility index (Phi) is 5.54. The van der Waals surface area contributed by atoms with Gasteiger partial charge in [-0.05, 0) is 41.8 Å². The van der Waals surface area contributed by atoms with Gasteiger partial charge in [-0.2, -0.15) is 0 Å². The van der Waals surface area contributed by atoms with Crippen molar-refractivity contribution < 1.29 is 4.79 Å². The number of benzene rings is 2. The summed E-state index contributed by atoms with van der Waals surface area (Å²) in [7, 11) is 0. The molecule has 1 amide bonds. The van der Waals surface area contributed by atoms with Gasteiger partial charge >= 0.3 is 0 Å². The molecule has 0 bridgehead atoms. The molecule has 0 atom stereocenters. The lowest BCUT2D eigenvalue weighted by molar-refractivity contribution is 0.102. The molecule has 0 unspecified atom stereocenters. The highest BCUT2D eigenvalue weighted by Crippen LogP contribution is 2.27. The van der Waals surface area contributed by atoms with Crippen LogP contribution in [-0.2, 0) is 0 Å². The highest BCUT2D eigenvalue weighted by atomic mass is 35.5. The molecule has 0 saturated carbocycles. The van der Waals surface area contributed by atoms with Gasteiger partial charge in [-0.1, -0.05) is 49.7 Å². The SMILES string of the molecule is CC(C)c1ccccc1Nc1cncc(C(=O)Nc2cccc(Cl)c2)c1. The van der Waals surface area contributed by atoms with E-state index < -0.39 is 0 Å². The van der Waals surface area contributed by atoms with Gasteiger partial charge in [-0.25, -0.2) is 0 Å². The third-order valence-corrected chi connectivity index (χ3v) is 4.18. The molecule has 0 fully saturated rings.